The molecule has 1 nitrogen and oxygen atoms in total. The average Bonchev–Trinajstić information content (AvgIpc) is 2.96. The zero-order valence-corrected chi connectivity index (χ0v) is 17.0. The minimum atomic E-state index is 0.0755. The van der Waals surface area contributed by atoms with Gasteiger partial charge < -0.3 is 5.32 Å². The highest BCUT2D eigenvalue weighted by Gasteiger charge is 2.34. The van der Waals surface area contributed by atoms with Gasteiger partial charge in [-0.3, -0.25) is 0 Å². The highest BCUT2D eigenvalue weighted by molar-refractivity contribution is 5.83. The van der Waals surface area contributed by atoms with Crippen molar-refractivity contribution >= 4 is 11.4 Å². The molecule has 0 amide bonds. The van der Waals surface area contributed by atoms with Crippen LogP contribution in [0.3, 0.4) is 0 Å². The van der Waals surface area contributed by atoms with Gasteiger partial charge in [0.15, 0.2) is 0 Å². The van der Waals surface area contributed by atoms with Crippen molar-refractivity contribution in [2.75, 3.05) is 5.32 Å². The summed E-state index contributed by atoms with van der Waals surface area (Å²) in [5.74, 6) is 0.765. The van der Waals surface area contributed by atoms with Gasteiger partial charge in [-0.2, -0.15) is 0 Å². The van der Waals surface area contributed by atoms with Gasteiger partial charge in [0, 0.05) is 16.8 Å². The van der Waals surface area contributed by atoms with Crippen LogP contribution in [0.15, 0.2) is 66.7 Å². The van der Waals surface area contributed by atoms with Crippen molar-refractivity contribution in [3.8, 4) is 11.1 Å². The Labute approximate surface area is 168 Å². The van der Waals surface area contributed by atoms with Crippen LogP contribution in [-0.2, 0) is 5.41 Å². The fourth-order valence-electron chi connectivity index (χ4n) is 5.24. The van der Waals surface area contributed by atoms with Crippen LogP contribution >= 0.6 is 0 Å². The van der Waals surface area contributed by atoms with Crippen molar-refractivity contribution in [1.29, 1.82) is 0 Å². The highest BCUT2D eigenvalue weighted by Crippen LogP contribution is 2.49. The third-order valence-corrected chi connectivity index (χ3v) is 6.86. The maximum absolute atomic E-state index is 3.62. The summed E-state index contributed by atoms with van der Waals surface area (Å²) in [6.07, 6.45) is 6.89. The number of nitrogens with one attached hydrogen (secondary N) is 1. The number of hydrogen-bond donors (Lipinski definition) is 1. The molecule has 1 saturated carbocycles. The van der Waals surface area contributed by atoms with Gasteiger partial charge in [0.1, 0.15) is 0 Å². The van der Waals surface area contributed by atoms with Crippen LogP contribution in [0.25, 0.3) is 11.1 Å². The third kappa shape index (κ3) is 2.94. The molecule has 0 bridgehead atoms. The van der Waals surface area contributed by atoms with Crippen LogP contribution in [0.5, 0.6) is 0 Å². The molecule has 3 aromatic rings. The highest BCUT2D eigenvalue weighted by atomic mass is 14.9. The Balaban J connectivity index is 1.40. The van der Waals surface area contributed by atoms with Crippen LogP contribution in [0, 0.1) is 0 Å². The van der Waals surface area contributed by atoms with Crippen molar-refractivity contribution in [2.45, 2.75) is 57.3 Å². The van der Waals surface area contributed by atoms with Gasteiger partial charge in [0.25, 0.3) is 0 Å². The molecule has 0 unspecified atom stereocenters. The summed E-state index contributed by atoms with van der Waals surface area (Å²) in [5.41, 5.74) is 9.51. The first-order valence-electron chi connectivity index (χ1n) is 10.7. The topological polar surface area (TPSA) is 12.0 Å². The lowest BCUT2D eigenvalue weighted by atomic mass is 9.82. The minimum absolute atomic E-state index is 0.0755. The maximum Gasteiger partial charge on any atom is 0.0390 e. The predicted octanol–water partition coefficient (Wildman–Crippen LogP) is 7.78. The van der Waals surface area contributed by atoms with Crippen LogP contribution < -0.4 is 5.32 Å². The maximum atomic E-state index is 3.62. The quantitative estimate of drug-likeness (QED) is 0.498. The van der Waals surface area contributed by atoms with Gasteiger partial charge >= 0.3 is 0 Å². The summed E-state index contributed by atoms with van der Waals surface area (Å²) >= 11 is 0. The molecule has 0 heterocycles. The van der Waals surface area contributed by atoms with E-state index in [4.69, 9.17) is 0 Å². The van der Waals surface area contributed by atoms with Crippen molar-refractivity contribution in [3.05, 3.63) is 83.4 Å². The average molecular weight is 368 g/mol. The van der Waals surface area contributed by atoms with E-state index >= 15 is 0 Å². The Hall–Kier alpha value is -2.54. The van der Waals surface area contributed by atoms with Crippen molar-refractivity contribution < 1.29 is 0 Å². The zero-order valence-electron chi connectivity index (χ0n) is 17.0. The van der Waals surface area contributed by atoms with Gasteiger partial charge in [0.05, 0.1) is 0 Å². The first-order chi connectivity index (χ1) is 13.6. The summed E-state index contributed by atoms with van der Waals surface area (Å²) < 4.78 is 0. The Morgan fingerprint density at radius 1 is 0.714 bits per heavy atom. The number of anilines is 2. The van der Waals surface area contributed by atoms with E-state index in [1.165, 1.54) is 65.6 Å². The summed E-state index contributed by atoms with van der Waals surface area (Å²) in [5, 5.41) is 3.62. The molecule has 28 heavy (non-hydrogen) atoms. The van der Waals surface area contributed by atoms with Gasteiger partial charge in [-0.25, -0.2) is 0 Å². The molecule has 5 rings (SSSR count). The summed E-state index contributed by atoms with van der Waals surface area (Å²) in [4.78, 5) is 0. The number of benzene rings is 3. The monoisotopic (exact) mass is 367 g/mol. The molecule has 0 saturated heterocycles. The molecule has 0 spiro atoms. The van der Waals surface area contributed by atoms with E-state index in [2.05, 4.69) is 85.9 Å². The Kier molecular flexibility index (Phi) is 4.27. The Morgan fingerprint density at radius 2 is 1.39 bits per heavy atom. The van der Waals surface area contributed by atoms with Gasteiger partial charge in [0.2, 0.25) is 0 Å². The molecule has 0 atom stereocenters. The van der Waals surface area contributed by atoms with Crippen LogP contribution in [0.4, 0.5) is 11.4 Å². The van der Waals surface area contributed by atoms with E-state index in [9.17, 15) is 0 Å². The SMILES string of the molecule is CC1(C)c2ccccc2-c2cc(Nc3ccc(C4CCCCC4)cc3)ccc21. The summed E-state index contributed by atoms with van der Waals surface area (Å²) in [6, 6.07) is 24.8. The van der Waals surface area contributed by atoms with Gasteiger partial charge in [-0.05, 0) is 70.8 Å². The zero-order chi connectivity index (χ0) is 19.1. The molecule has 2 aliphatic rings. The minimum Gasteiger partial charge on any atom is -0.356 e. The Bertz CT molecular complexity index is 991. The normalized spacial score (nSPS) is 17.8. The standard InChI is InChI=1S/C27H29N/c1-27(2)25-11-7-6-10-23(25)24-18-22(16-17-26(24)27)28-21-14-12-20(13-15-21)19-8-4-3-5-9-19/h6-7,10-19,28H,3-5,8-9H2,1-2H3. The summed E-state index contributed by atoms with van der Waals surface area (Å²) in [7, 11) is 0. The molecule has 1 N–H and O–H groups in total. The fraction of sp³-hybridized carbons (Fsp3) is 0.333. The molecule has 1 fully saturated rings. The number of fused-ring (bicyclic) bond motifs is 3. The van der Waals surface area contributed by atoms with E-state index in [-0.39, 0.29) is 5.41 Å². The smallest absolute Gasteiger partial charge is 0.0390 e. The van der Waals surface area contributed by atoms with Crippen molar-refractivity contribution in [1.82, 2.24) is 0 Å². The van der Waals surface area contributed by atoms with Crippen LogP contribution in [0.2, 0.25) is 0 Å². The van der Waals surface area contributed by atoms with E-state index in [1.807, 2.05) is 0 Å². The molecule has 0 aromatic heterocycles. The number of hydrogen-bond acceptors (Lipinski definition) is 1. The molecule has 0 radical (unpaired) electrons. The first-order valence-corrected chi connectivity index (χ1v) is 10.7. The van der Waals surface area contributed by atoms with E-state index in [0.717, 1.165) is 11.6 Å². The molecule has 2 aliphatic carbocycles. The molecule has 3 aromatic carbocycles. The molecular formula is C27H29N. The van der Waals surface area contributed by atoms with Crippen molar-refractivity contribution in [3.63, 3.8) is 0 Å². The number of rotatable bonds is 3. The van der Waals surface area contributed by atoms with Gasteiger partial charge in [-0.1, -0.05) is 75.6 Å². The second kappa shape index (κ2) is 6.81. The van der Waals surface area contributed by atoms with E-state index in [0.29, 0.717) is 0 Å². The first kappa shape index (κ1) is 17.6. The molecule has 0 aliphatic heterocycles. The fourth-order valence-corrected chi connectivity index (χ4v) is 5.24. The molecule has 142 valence electrons. The van der Waals surface area contributed by atoms with Crippen LogP contribution in [0.1, 0.15) is 68.6 Å². The lowest BCUT2D eigenvalue weighted by Gasteiger charge is -2.22. The van der Waals surface area contributed by atoms with Gasteiger partial charge in [-0.15, -0.1) is 0 Å². The van der Waals surface area contributed by atoms with Crippen LogP contribution in [-0.4, -0.2) is 0 Å². The van der Waals surface area contributed by atoms with E-state index in [1.54, 1.807) is 0 Å². The van der Waals surface area contributed by atoms with E-state index < -0.39 is 0 Å². The van der Waals surface area contributed by atoms with Crippen molar-refractivity contribution in [2.24, 2.45) is 0 Å². The predicted molar refractivity (Wildman–Crippen MR) is 120 cm³/mol. The Morgan fingerprint density at radius 3 is 2.18 bits per heavy atom. The third-order valence-electron chi connectivity index (χ3n) is 6.86. The second-order valence-electron chi connectivity index (χ2n) is 9.01. The lowest BCUT2D eigenvalue weighted by Crippen LogP contribution is -2.14. The largest absolute Gasteiger partial charge is 0.356 e. The second-order valence-corrected chi connectivity index (χ2v) is 9.01. The molecule has 1 heteroatoms. The summed E-state index contributed by atoms with van der Waals surface area (Å²) in [6.45, 7) is 4.66. The molecular weight excluding hydrogens is 338 g/mol. The lowest BCUT2D eigenvalue weighted by molar-refractivity contribution is 0.443.